The predicted molar refractivity (Wildman–Crippen MR) is 73.8 cm³/mol. The van der Waals surface area contributed by atoms with Crippen molar-refractivity contribution >= 4 is 27.5 Å². The quantitative estimate of drug-likeness (QED) is 0.793. The Morgan fingerprint density at radius 1 is 1.22 bits per heavy atom. The van der Waals surface area contributed by atoms with Gasteiger partial charge in [-0.15, -0.1) is 0 Å². The summed E-state index contributed by atoms with van der Waals surface area (Å²) in [7, 11) is 0. The third-order valence-electron chi connectivity index (χ3n) is 4.01. The van der Waals surface area contributed by atoms with Crippen molar-refractivity contribution in [1.82, 2.24) is 0 Å². The summed E-state index contributed by atoms with van der Waals surface area (Å²) in [5, 5.41) is 3.04. The summed E-state index contributed by atoms with van der Waals surface area (Å²) in [6.07, 6.45) is 5.34. The van der Waals surface area contributed by atoms with Crippen LogP contribution in [0.1, 0.15) is 32.1 Å². The third kappa shape index (κ3) is 1.92. The minimum atomic E-state index is -0.323. The van der Waals surface area contributed by atoms with Gasteiger partial charge in [0.1, 0.15) is 12.4 Å². The molecule has 18 heavy (non-hydrogen) atoms. The van der Waals surface area contributed by atoms with Gasteiger partial charge < -0.3 is 10.1 Å². The number of benzene rings is 1. The number of nitrogens with one attached hydrogen (secondary N) is 1. The van der Waals surface area contributed by atoms with Crippen LogP contribution in [0, 0.1) is 5.41 Å². The van der Waals surface area contributed by atoms with Crippen LogP contribution in [0.4, 0.5) is 5.69 Å². The van der Waals surface area contributed by atoms with Crippen LogP contribution >= 0.6 is 15.9 Å². The summed E-state index contributed by atoms with van der Waals surface area (Å²) < 4.78 is 6.76. The molecule has 0 saturated heterocycles. The summed E-state index contributed by atoms with van der Waals surface area (Å²) in [6.45, 7) is 0.502. The standard InChI is InChI=1S/C14H16BrNO2/c15-10-5-4-6-11-12(10)16-13(17)14(9-18-11)7-2-1-3-8-14/h4-6H,1-3,7-9H2,(H,16,17). The number of halogens is 1. The number of ether oxygens (including phenoxy) is 1. The van der Waals surface area contributed by atoms with E-state index in [9.17, 15) is 4.79 Å². The van der Waals surface area contributed by atoms with Crippen LogP contribution in [0.5, 0.6) is 5.75 Å². The molecule has 1 fully saturated rings. The van der Waals surface area contributed by atoms with Crippen LogP contribution in [0.3, 0.4) is 0 Å². The molecule has 3 nitrogen and oxygen atoms in total. The largest absolute Gasteiger partial charge is 0.490 e. The van der Waals surface area contributed by atoms with Gasteiger partial charge in [-0.25, -0.2) is 0 Å². The molecule has 2 aliphatic rings. The van der Waals surface area contributed by atoms with Gasteiger partial charge in [0.25, 0.3) is 0 Å². The zero-order valence-corrected chi connectivity index (χ0v) is 11.8. The van der Waals surface area contributed by atoms with Crippen molar-refractivity contribution in [3.63, 3.8) is 0 Å². The number of anilines is 1. The third-order valence-corrected chi connectivity index (χ3v) is 4.67. The number of fused-ring (bicyclic) bond motifs is 1. The highest BCUT2D eigenvalue weighted by Crippen LogP contribution is 2.43. The molecule has 3 rings (SSSR count). The Labute approximate surface area is 115 Å². The summed E-state index contributed by atoms with van der Waals surface area (Å²) >= 11 is 3.46. The summed E-state index contributed by atoms with van der Waals surface area (Å²) in [5.41, 5.74) is 0.446. The van der Waals surface area contributed by atoms with Gasteiger partial charge in [-0.1, -0.05) is 25.3 Å². The fourth-order valence-electron chi connectivity index (χ4n) is 2.87. The second-order valence-electron chi connectivity index (χ2n) is 5.20. The molecule has 1 amide bonds. The molecular formula is C14H16BrNO2. The summed E-state index contributed by atoms with van der Waals surface area (Å²) in [6, 6.07) is 5.75. The van der Waals surface area contributed by atoms with E-state index in [1.54, 1.807) is 0 Å². The van der Waals surface area contributed by atoms with E-state index in [0.717, 1.165) is 41.6 Å². The molecule has 1 aromatic rings. The maximum absolute atomic E-state index is 12.5. The first-order chi connectivity index (χ1) is 8.71. The molecular weight excluding hydrogens is 294 g/mol. The smallest absolute Gasteiger partial charge is 0.234 e. The van der Waals surface area contributed by atoms with E-state index in [-0.39, 0.29) is 11.3 Å². The van der Waals surface area contributed by atoms with Crippen LogP contribution in [0.25, 0.3) is 0 Å². The Morgan fingerprint density at radius 2 is 2.00 bits per heavy atom. The molecule has 0 radical (unpaired) electrons. The van der Waals surface area contributed by atoms with Gasteiger partial charge in [0, 0.05) is 4.47 Å². The molecule has 1 saturated carbocycles. The fourth-order valence-corrected chi connectivity index (χ4v) is 3.32. The number of para-hydroxylation sites is 1. The number of hydrogen-bond acceptors (Lipinski definition) is 2. The minimum absolute atomic E-state index is 0.118. The zero-order chi connectivity index (χ0) is 12.6. The second kappa shape index (κ2) is 4.57. The minimum Gasteiger partial charge on any atom is -0.490 e. The lowest BCUT2D eigenvalue weighted by atomic mass is 9.74. The Balaban J connectivity index is 1.95. The van der Waals surface area contributed by atoms with Gasteiger partial charge in [0.15, 0.2) is 0 Å². The Bertz CT molecular complexity index is 481. The van der Waals surface area contributed by atoms with Gasteiger partial charge in [-0.3, -0.25) is 4.79 Å². The first kappa shape index (κ1) is 12.0. The van der Waals surface area contributed by atoms with Gasteiger partial charge in [0.05, 0.1) is 11.1 Å². The maximum Gasteiger partial charge on any atom is 0.234 e. The molecule has 1 aliphatic heterocycles. The molecule has 0 aromatic heterocycles. The molecule has 0 atom stereocenters. The summed E-state index contributed by atoms with van der Waals surface area (Å²) in [5.74, 6) is 0.882. The van der Waals surface area contributed by atoms with Crippen LogP contribution in [0.2, 0.25) is 0 Å². The Hall–Kier alpha value is -1.03. The van der Waals surface area contributed by atoms with Crippen molar-refractivity contribution in [1.29, 1.82) is 0 Å². The Kier molecular flexibility index (Phi) is 3.06. The van der Waals surface area contributed by atoms with E-state index in [4.69, 9.17) is 4.74 Å². The topological polar surface area (TPSA) is 38.3 Å². The normalized spacial score (nSPS) is 21.7. The lowest BCUT2D eigenvalue weighted by molar-refractivity contribution is -0.128. The zero-order valence-electron chi connectivity index (χ0n) is 10.2. The van der Waals surface area contributed by atoms with Gasteiger partial charge in [-0.2, -0.15) is 0 Å². The van der Waals surface area contributed by atoms with Gasteiger partial charge in [-0.05, 0) is 40.9 Å². The van der Waals surface area contributed by atoms with Crippen LogP contribution < -0.4 is 10.1 Å². The SMILES string of the molecule is O=C1Nc2c(Br)cccc2OCC12CCCCC2. The van der Waals surface area contributed by atoms with Crippen molar-refractivity contribution in [2.75, 3.05) is 11.9 Å². The summed E-state index contributed by atoms with van der Waals surface area (Å²) in [4.78, 5) is 12.5. The number of carbonyl (C=O) groups is 1. The van der Waals surface area contributed by atoms with Crippen molar-refractivity contribution in [3.8, 4) is 5.75 Å². The highest BCUT2D eigenvalue weighted by atomic mass is 79.9. The van der Waals surface area contributed by atoms with Crippen LogP contribution in [-0.2, 0) is 4.79 Å². The van der Waals surface area contributed by atoms with E-state index >= 15 is 0 Å². The van der Waals surface area contributed by atoms with Crippen LogP contribution in [-0.4, -0.2) is 12.5 Å². The fraction of sp³-hybridized carbons (Fsp3) is 0.500. The van der Waals surface area contributed by atoms with E-state index < -0.39 is 0 Å². The number of rotatable bonds is 0. The highest BCUT2D eigenvalue weighted by molar-refractivity contribution is 9.10. The molecule has 0 unspecified atom stereocenters. The lowest BCUT2D eigenvalue weighted by Crippen LogP contribution is -2.41. The van der Waals surface area contributed by atoms with Crippen molar-refractivity contribution < 1.29 is 9.53 Å². The maximum atomic E-state index is 12.5. The first-order valence-corrected chi connectivity index (χ1v) is 7.23. The van der Waals surface area contributed by atoms with E-state index in [0.29, 0.717) is 6.61 Å². The molecule has 4 heteroatoms. The van der Waals surface area contributed by atoms with Crippen molar-refractivity contribution in [2.45, 2.75) is 32.1 Å². The van der Waals surface area contributed by atoms with E-state index in [2.05, 4.69) is 21.2 Å². The lowest BCUT2D eigenvalue weighted by Gasteiger charge is -2.33. The molecule has 1 aromatic carbocycles. The van der Waals surface area contributed by atoms with Crippen molar-refractivity contribution in [3.05, 3.63) is 22.7 Å². The predicted octanol–water partition coefficient (Wildman–Crippen LogP) is 3.73. The van der Waals surface area contributed by atoms with Gasteiger partial charge in [0.2, 0.25) is 5.91 Å². The second-order valence-corrected chi connectivity index (χ2v) is 6.05. The van der Waals surface area contributed by atoms with Gasteiger partial charge >= 0.3 is 0 Å². The molecule has 0 bridgehead atoms. The number of hydrogen-bond donors (Lipinski definition) is 1. The average Bonchev–Trinajstić information content (AvgIpc) is 2.52. The molecule has 1 aliphatic carbocycles. The first-order valence-electron chi connectivity index (χ1n) is 6.44. The molecule has 1 N–H and O–H groups in total. The Morgan fingerprint density at radius 3 is 2.78 bits per heavy atom. The monoisotopic (exact) mass is 309 g/mol. The highest BCUT2D eigenvalue weighted by Gasteiger charge is 2.42. The molecule has 1 spiro atoms. The van der Waals surface area contributed by atoms with Crippen molar-refractivity contribution in [2.24, 2.45) is 5.41 Å². The number of carbonyl (C=O) groups excluding carboxylic acids is 1. The van der Waals surface area contributed by atoms with E-state index in [1.807, 2.05) is 18.2 Å². The number of amides is 1. The molecule has 1 heterocycles. The van der Waals surface area contributed by atoms with Crippen LogP contribution in [0.15, 0.2) is 22.7 Å². The molecule has 96 valence electrons. The average molecular weight is 310 g/mol. The van der Waals surface area contributed by atoms with E-state index in [1.165, 1.54) is 6.42 Å².